The van der Waals surface area contributed by atoms with Gasteiger partial charge in [0.15, 0.2) is 0 Å². The number of benzene rings is 1. The first-order valence-corrected chi connectivity index (χ1v) is 8.29. The Kier molecular flexibility index (Phi) is 5.09. The van der Waals surface area contributed by atoms with Crippen LogP contribution in [-0.4, -0.2) is 44.6 Å². The Labute approximate surface area is 145 Å². The predicted octanol–water partition coefficient (Wildman–Crippen LogP) is 2.51. The SMILES string of the molecule is O=C(O)c1cc(C(=O)N2CCCC2CC(O)c2ccccc2)ccn1. The zero-order valence-electron chi connectivity index (χ0n) is 13.7. The molecular weight excluding hydrogens is 320 g/mol. The van der Waals surface area contributed by atoms with Gasteiger partial charge in [0.25, 0.3) is 5.91 Å². The van der Waals surface area contributed by atoms with Gasteiger partial charge in [-0.15, -0.1) is 0 Å². The van der Waals surface area contributed by atoms with Crippen LogP contribution in [0.5, 0.6) is 0 Å². The van der Waals surface area contributed by atoms with E-state index in [9.17, 15) is 14.7 Å². The Hall–Kier alpha value is -2.73. The van der Waals surface area contributed by atoms with Gasteiger partial charge >= 0.3 is 5.97 Å². The molecule has 1 aromatic heterocycles. The molecule has 0 bridgehead atoms. The maximum absolute atomic E-state index is 12.8. The van der Waals surface area contributed by atoms with Crippen molar-refractivity contribution in [3.05, 3.63) is 65.5 Å². The molecule has 6 nitrogen and oxygen atoms in total. The van der Waals surface area contributed by atoms with Crippen molar-refractivity contribution in [2.24, 2.45) is 0 Å². The van der Waals surface area contributed by atoms with Crippen LogP contribution in [0, 0.1) is 0 Å². The zero-order valence-corrected chi connectivity index (χ0v) is 13.7. The van der Waals surface area contributed by atoms with E-state index in [4.69, 9.17) is 5.11 Å². The second-order valence-electron chi connectivity index (χ2n) is 6.19. The summed E-state index contributed by atoms with van der Waals surface area (Å²) in [6.45, 7) is 0.607. The Morgan fingerprint density at radius 1 is 1.24 bits per heavy atom. The average molecular weight is 340 g/mol. The van der Waals surface area contributed by atoms with Crippen LogP contribution in [0.15, 0.2) is 48.7 Å². The number of hydrogen-bond acceptors (Lipinski definition) is 4. The Morgan fingerprint density at radius 3 is 2.72 bits per heavy atom. The number of carboxylic acid groups (broad SMARTS) is 1. The summed E-state index contributed by atoms with van der Waals surface area (Å²) in [5, 5.41) is 19.5. The molecule has 25 heavy (non-hydrogen) atoms. The number of aromatic carboxylic acids is 1. The van der Waals surface area contributed by atoms with Crippen molar-refractivity contribution in [3.63, 3.8) is 0 Å². The highest BCUT2D eigenvalue weighted by atomic mass is 16.4. The van der Waals surface area contributed by atoms with E-state index in [2.05, 4.69) is 4.98 Å². The number of likely N-dealkylation sites (tertiary alicyclic amines) is 1. The molecule has 1 saturated heterocycles. The van der Waals surface area contributed by atoms with Crippen LogP contribution >= 0.6 is 0 Å². The van der Waals surface area contributed by atoms with Crippen molar-refractivity contribution >= 4 is 11.9 Å². The van der Waals surface area contributed by atoms with Gasteiger partial charge in [0.2, 0.25) is 0 Å². The number of aliphatic hydroxyl groups is 1. The first-order valence-electron chi connectivity index (χ1n) is 8.29. The minimum absolute atomic E-state index is 0.0656. The number of pyridine rings is 1. The summed E-state index contributed by atoms with van der Waals surface area (Å²) in [6.07, 6.45) is 2.86. The fourth-order valence-electron chi connectivity index (χ4n) is 3.26. The highest BCUT2D eigenvalue weighted by Gasteiger charge is 2.31. The van der Waals surface area contributed by atoms with Gasteiger partial charge in [-0.1, -0.05) is 30.3 Å². The van der Waals surface area contributed by atoms with Crippen molar-refractivity contribution in [1.29, 1.82) is 0 Å². The Morgan fingerprint density at radius 2 is 2.00 bits per heavy atom. The molecule has 0 spiro atoms. The summed E-state index contributed by atoms with van der Waals surface area (Å²) in [5.74, 6) is -1.38. The monoisotopic (exact) mass is 340 g/mol. The molecule has 0 aliphatic carbocycles. The van der Waals surface area contributed by atoms with Crippen LogP contribution in [0.3, 0.4) is 0 Å². The summed E-state index contributed by atoms with van der Waals surface area (Å²) in [7, 11) is 0. The third-order valence-corrected chi connectivity index (χ3v) is 4.54. The van der Waals surface area contributed by atoms with Gasteiger partial charge in [0.1, 0.15) is 5.69 Å². The van der Waals surface area contributed by atoms with E-state index < -0.39 is 12.1 Å². The number of nitrogens with zero attached hydrogens (tertiary/aromatic N) is 2. The number of hydrogen-bond donors (Lipinski definition) is 2. The lowest BCUT2D eigenvalue weighted by Crippen LogP contribution is -2.36. The number of aromatic nitrogens is 1. The van der Waals surface area contributed by atoms with Crippen molar-refractivity contribution in [1.82, 2.24) is 9.88 Å². The summed E-state index contributed by atoms with van der Waals surface area (Å²) in [6, 6.07) is 12.1. The van der Waals surface area contributed by atoms with Gasteiger partial charge in [-0.3, -0.25) is 4.79 Å². The lowest BCUT2D eigenvalue weighted by atomic mass is 10.00. The number of carboxylic acids is 1. The highest BCUT2D eigenvalue weighted by molar-refractivity contribution is 5.97. The standard InChI is InChI=1S/C19H20N2O4/c22-17(13-5-2-1-3-6-13)12-15-7-4-10-21(15)18(23)14-8-9-20-16(11-14)19(24)25/h1-3,5-6,8-9,11,15,17,22H,4,7,10,12H2,(H,24,25). The molecule has 2 N–H and O–H groups in total. The Balaban J connectivity index is 1.74. The highest BCUT2D eigenvalue weighted by Crippen LogP contribution is 2.28. The molecule has 2 atom stereocenters. The molecule has 3 rings (SSSR count). The summed E-state index contributed by atoms with van der Waals surface area (Å²) in [5.41, 5.74) is 0.998. The fourth-order valence-corrected chi connectivity index (χ4v) is 3.26. The van der Waals surface area contributed by atoms with Crippen LogP contribution in [0.4, 0.5) is 0 Å². The van der Waals surface area contributed by atoms with Gasteiger partial charge in [0, 0.05) is 24.3 Å². The minimum atomic E-state index is -1.16. The van der Waals surface area contributed by atoms with Crippen LogP contribution in [0.1, 0.15) is 51.8 Å². The first kappa shape index (κ1) is 17.1. The second-order valence-corrected chi connectivity index (χ2v) is 6.19. The smallest absolute Gasteiger partial charge is 0.354 e. The molecule has 0 saturated carbocycles. The normalized spacial score (nSPS) is 18.1. The molecule has 1 aliphatic rings. The summed E-state index contributed by atoms with van der Waals surface area (Å²) in [4.78, 5) is 29.3. The van der Waals surface area contributed by atoms with Gasteiger partial charge < -0.3 is 15.1 Å². The number of rotatable bonds is 5. The van der Waals surface area contributed by atoms with E-state index in [1.807, 2.05) is 30.3 Å². The van der Waals surface area contributed by atoms with Crippen LogP contribution in [0.2, 0.25) is 0 Å². The maximum atomic E-state index is 12.8. The molecule has 0 radical (unpaired) electrons. The zero-order chi connectivity index (χ0) is 17.8. The lowest BCUT2D eigenvalue weighted by molar-refractivity contribution is 0.0667. The number of aliphatic hydroxyl groups excluding tert-OH is 1. The largest absolute Gasteiger partial charge is 0.477 e. The fraction of sp³-hybridized carbons (Fsp3) is 0.316. The minimum Gasteiger partial charge on any atom is -0.477 e. The molecule has 2 heterocycles. The van der Waals surface area contributed by atoms with Crippen molar-refractivity contribution in [3.8, 4) is 0 Å². The molecule has 1 aliphatic heterocycles. The molecule has 6 heteroatoms. The molecule has 1 fully saturated rings. The third kappa shape index (κ3) is 3.85. The first-order chi connectivity index (χ1) is 12.1. The quantitative estimate of drug-likeness (QED) is 0.873. The average Bonchev–Trinajstić information content (AvgIpc) is 3.10. The van der Waals surface area contributed by atoms with Gasteiger partial charge in [0.05, 0.1) is 6.10 Å². The van der Waals surface area contributed by atoms with Gasteiger partial charge in [-0.05, 0) is 37.0 Å². The molecular formula is C19H20N2O4. The molecule has 1 aromatic carbocycles. The van der Waals surface area contributed by atoms with Crippen LogP contribution in [-0.2, 0) is 0 Å². The van der Waals surface area contributed by atoms with Crippen molar-refractivity contribution in [2.75, 3.05) is 6.54 Å². The number of amides is 1. The van der Waals surface area contributed by atoms with Crippen LogP contribution in [0.25, 0.3) is 0 Å². The Bertz CT molecular complexity index is 763. The van der Waals surface area contributed by atoms with E-state index >= 15 is 0 Å². The third-order valence-electron chi connectivity index (χ3n) is 4.54. The molecule has 2 aromatic rings. The molecule has 1 amide bonds. The van der Waals surface area contributed by atoms with Crippen molar-refractivity contribution in [2.45, 2.75) is 31.4 Å². The van der Waals surface area contributed by atoms with E-state index in [1.54, 1.807) is 4.90 Å². The summed E-state index contributed by atoms with van der Waals surface area (Å²) < 4.78 is 0. The summed E-state index contributed by atoms with van der Waals surface area (Å²) >= 11 is 0. The van der Waals surface area contributed by atoms with E-state index in [0.717, 1.165) is 18.4 Å². The van der Waals surface area contributed by atoms with Gasteiger partial charge in [-0.25, -0.2) is 9.78 Å². The predicted molar refractivity (Wildman–Crippen MR) is 91.3 cm³/mol. The maximum Gasteiger partial charge on any atom is 0.354 e. The number of carbonyl (C=O) groups is 2. The number of carbonyl (C=O) groups excluding carboxylic acids is 1. The van der Waals surface area contributed by atoms with E-state index in [-0.39, 0.29) is 17.6 Å². The lowest BCUT2D eigenvalue weighted by Gasteiger charge is -2.27. The second kappa shape index (κ2) is 7.44. The van der Waals surface area contributed by atoms with Crippen molar-refractivity contribution < 1.29 is 19.8 Å². The van der Waals surface area contributed by atoms with Gasteiger partial charge in [-0.2, -0.15) is 0 Å². The van der Waals surface area contributed by atoms with E-state index in [1.165, 1.54) is 18.3 Å². The molecule has 130 valence electrons. The van der Waals surface area contributed by atoms with Crippen LogP contribution < -0.4 is 0 Å². The topological polar surface area (TPSA) is 90.7 Å². The molecule has 2 unspecified atom stereocenters. The van der Waals surface area contributed by atoms with E-state index in [0.29, 0.717) is 18.5 Å².